The van der Waals surface area contributed by atoms with Crippen molar-refractivity contribution in [2.24, 2.45) is 9.98 Å². The predicted octanol–water partition coefficient (Wildman–Crippen LogP) is 4.05. The first kappa shape index (κ1) is 14.4. The molecule has 1 aliphatic heterocycles. The van der Waals surface area contributed by atoms with Crippen LogP contribution in [-0.2, 0) is 0 Å². The molecule has 18 heavy (non-hydrogen) atoms. The van der Waals surface area contributed by atoms with E-state index in [1.165, 1.54) is 11.1 Å². The zero-order valence-corrected chi connectivity index (χ0v) is 11.3. The molecule has 1 aromatic rings. The first-order chi connectivity index (χ1) is 7.91. The number of rotatable bonds is 1. The number of aromatic nitrogens is 1. The van der Waals surface area contributed by atoms with Crippen LogP contribution < -0.4 is 4.98 Å². The van der Waals surface area contributed by atoms with E-state index in [2.05, 4.69) is 42.7 Å². The SMILES string of the molecule is C.CC1=NC(=Nc2[n-]c(C)c(C)c2C)C(C)=C1C. The maximum atomic E-state index is 4.58. The molecule has 0 atom stereocenters. The molecule has 1 aromatic heterocycles. The van der Waals surface area contributed by atoms with Crippen molar-refractivity contribution in [1.82, 2.24) is 4.98 Å². The summed E-state index contributed by atoms with van der Waals surface area (Å²) in [5.74, 6) is 1.61. The lowest BCUT2D eigenvalue weighted by Crippen LogP contribution is -1.92. The van der Waals surface area contributed by atoms with E-state index in [4.69, 9.17) is 0 Å². The largest absolute Gasteiger partial charge is 0.439 e. The second-order valence-corrected chi connectivity index (χ2v) is 4.65. The minimum Gasteiger partial charge on any atom is -0.439 e. The first-order valence-corrected chi connectivity index (χ1v) is 5.84. The molecule has 3 heteroatoms. The van der Waals surface area contributed by atoms with Gasteiger partial charge in [-0.3, -0.25) is 4.99 Å². The van der Waals surface area contributed by atoms with E-state index in [0.29, 0.717) is 0 Å². The number of allylic oxidation sites excluding steroid dienone is 1. The van der Waals surface area contributed by atoms with Gasteiger partial charge in [0.2, 0.25) is 0 Å². The Morgan fingerprint density at radius 1 is 0.889 bits per heavy atom. The fourth-order valence-corrected chi connectivity index (χ4v) is 1.85. The lowest BCUT2D eigenvalue weighted by molar-refractivity contribution is 1.18. The molecule has 0 aliphatic carbocycles. The van der Waals surface area contributed by atoms with Gasteiger partial charge in [-0.1, -0.05) is 18.9 Å². The average molecular weight is 244 g/mol. The molecule has 3 nitrogen and oxygen atoms in total. The average Bonchev–Trinajstić information content (AvgIpc) is 2.66. The second-order valence-electron chi connectivity index (χ2n) is 4.65. The Morgan fingerprint density at radius 2 is 1.50 bits per heavy atom. The maximum absolute atomic E-state index is 4.58. The topological polar surface area (TPSA) is 38.8 Å². The van der Waals surface area contributed by atoms with Crippen LogP contribution in [0.1, 0.15) is 45.0 Å². The summed E-state index contributed by atoms with van der Waals surface area (Å²) in [6.45, 7) is 12.3. The Labute approximate surface area is 110 Å². The van der Waals surface area contributed by atoms with E-state index in [-0.39, 0.29) is 7.43 Å². The van der Waals surface area contributed by atoms with Crippen LogP contribution in [0.5, 0.6) is 0 Å². The van der Waals surface area contributed by atoms with Crippen LogP contribution in [-0.4, -0.2) is 11.5 Å². The number of nitrogens with zero attached hydrogens (tertiary/aromatic N) is 3. The molecule has 0 N–H and O–H groups in total. The maximum Gasteiger partial charge on any atom is 0.0546 e. The Bertz CT molecular complexity index is 569. The molecule has 0 aromatic carbocycles. The molecule has 0 radical (unpaired) electrons. The summed E-state index contributed by atoms with van der Waals surface area (Å²) in [4.78, 5) is 13.5. The van der Waals surface area contributed by atoms with Crippen molar-refractivity contribution < 1.29 is 0 Å². The molecule has 98 valence electrons. The van der Waals surface area contributed by atoms with Gasteiger partial charge in [-0.15, -0.1) is 0 Å². The second kappa shape index (κ2) is 4.92. The number of hydrogen-bond donors (Lipinski definition) is 0. The summed E-state index contributed by atoms with van der Waals surface area (Å²) in [6.07, 6.45) is 0. The number of amidine groups is 1. The summed E-state index contributed by atoms with van der Waals surface area (Å²) in [6, 6.07) is 0. The molecule has 0 saturated heterocycles. The molecule has 0 fully saturated rings. The van der Waals surface area contributed by atoms with Gasteiger partial charge in [0.15, 0.2) is 0 Å². The predicted molar refractivity (Wildman–Crippen MR) is 79.3 cm³/mol. The van der Waals surface area contributed by atoms with Gasteiger partial charge >= 0.3 is 0 Å². The van der Waals surface area contributed by atoms with Gasteiger partial charge in [-0.2, -0.15) is 0 Å². The highest BCUT2D eigenvalue weighted by Gasteiger charge is 2.11. The normalized spacial score (nSPS) is 17.2. The molecule has 0 unspecified atom stereocenters. The minimum absolute atomic E-state index is 0. The lowest BCUT2D eigenvalue weighted by Gasteiger charge is -2.07. The van der Waals surface area contributed by atoms with Gasteiger partial charge in [0.1, 0.15) is 0 Å². The summed E-state index contributed by atoms with van der Waals surface area (Å²) in [5.41, 5.74) is 6.86. The molecule has 2 rings (SSSR count). The van der Waals surface area contributed by atoms with Crippen molar-refractivity contribution >= 4 is 17.4 Å². The third-order valence-corrected chi connectivity index (χ3v) is 3.64. The van der Waals surface area contributed by atoms with Crippen LogP contribution in [0.2, 0.25) is 0 Å². The fourth-order valence-electron chi connectivity index (χ4n) is 1.85. The molecular weight excluding hydrogens is 222 g/mol. The van der Waals surface area contributed by atoms with Crippen LogP contribution in [0.25, 0.3) is 0 Å². The van der Waals surface area contributed by atoms with E-state index in [9.17, 15) is 0 Å². The van der Waals surface area contributed by atoms with Crippen LogP contribution in [0.3, 0.4) is 0 Å². The lowest BCUT2D eigenvalue weighted by atomic mass is 10.1. The fraction of sp³-hybridized carbons (Fsp3) is 0.467. The van der Waals surface area contributed by atoms with Crippen molar-refractivity contribution in [3.05, 3.63) is 28.0 Å². The molecule has 1 aliphatic rings. The Kier molecular flexibility index (Phi) is 3.95. The standard InChI is InChI=1S/C14H18N3.CH4/c1-7-9(3)13(15-11(7)5)17-14-10(4)8(2)12(6)16-14;/h1-6H3;1H4/q-1;. The van der Waals surface area contributed by atoms with Crippen molar-refractivity contribution in [3.63, 3.8) is 0 Å². The van der Waals surface area contributed by atoms with Gasteiger partial charge in [0.05, 0.1) is 5.84 Å². The quantitative estimate of drug-likeness (QED) is 0.734. The molecule has 0 saturated carbocycles. The molecule has 0 amide bonds. The van der Waals surface area contributed by atoms with Gasteiger partial charge in [0.25, 0.3) is 0 Å². The van der Waals surface area contributed by atoms with E-state index in [1.807, 2.05) is 13.8 Å². The van der Waals surface area contributed by atoms with Crippen LogP contribution in [0.4, 0.5) is 5.82 Å². The number of hydrogen-bond acceptors (Lipinski definition) is 1. The van der Waals surface area contributed by atoms with Gasteiger partial charge < -0.3 is 9.98 Å². The smallest absolute Gasteiger partial charge is 0.0546 e. The molecular formula is C15H22N3-. The highest BCUT2D eigenvalue weighted by molar-refractivity contribution is 6.20. The third-order valence-electron chi connectivity index (χ3n) is 3.64. The van der Waals surface area contributed by atoms with Crippen molar-refractivity contribution in [2.75, 3.05) is 0 Å². The molecule has 0 spiro atoms. The van der Waals surface area contributed by atoms with Gasteiger partial charge in [-0.25, -0.2) is 0 Å². The Hall–Kier alpha value is -1.64. The summed E-state index contributed by atoms with van der Waals surface area (Å²) in [5, 5.41) is 0. The highest BCUT2D eigenvalue weighted by atomic mass is 15.0. The van der Waals surface area contributed by atoms with Gasteiger partial charge in [-0.05, 0) is 63.8 Å². The monoisotopic (exact) mass is 244 g/mol. The molecule has 2 heterocycles. The molecule has 0 bridgehead atoms. The zero-order valence-electron chi connectivity index (χ0n) is 11.3. The third kappa shape index (κ3) is 2.17. The minimum atomic E-state index is 0. The van der Waals surface area contributed by atoms with Crippen LogP contribution in [0.15, 0.2) is 21.1 Å². The first-order valence-electron chi connectivity index (χ1n) is 5.84. The highest BCUT2D eigenvalue weighted by Crippen LogP contribution is 2.25. The summed E-state index contributed by atoms with van der Waals surface area (Å²) in [7, 11) is 0. The van der Waals surface area contributed by atoms with Crippen molar-refractivity contribution in [2.45, 2.75) is 49.0 Å². The number of aliphatic imine (C=N–C) groups is 2. The van der Waals surface area contributed by atoms with Crippen LogP contribution in [0, 0.1) is 20.8 Å². The van der Waals surface area contributed by atoms with Gasteiger partial charge in [0, 0.05) is 5.71 Å². The van der Waals surface area contributed by atoms with E-state index in [1.54, 1.807) is 0 Å². The van der Waals surface area contributed by atoms with E-state index < -0.39 is 0 Å². The van der Waals surface area contributed by atoms with Crippen molar-refractivity contribution in [1.29, 1.82) is 0 Å². The summed E-state index contributed by atoms with van der Waals surface area (Å²) >= 11 is 0. The Balaban J connectivity index is 0.00000162. The van der Waals surface area contributed by atoms with E-state index >= 15 is 0 Å². The van der Waals surface area contributed by atoms with E-state index in [0.717, 1.165) is 34.2 Å². The van der Waals surface area contributed by atoms with Crippen LogP contribution >= 0.6 is 0 Å². The summed E-state index contributed by atoms with van der Waals surface area (Å²) < 4.78 is 0. The zero-order chi connectivity index (χ0) is 12.7. The van der Waals surface area contributed by atoms with Crippen molar-refractivity contribution in [3.8, 4) is 0 Å². The number of aryl methyl sites for hydroxylation is 1. The Morgan fingerprint density at radius 3 is 1.89 bits per heavy atom.